The zero-order chi connectivity index (χ0) is 25.8. The standard InChI is InChI=1S/C23H27FN8O.C3H8/c1-4-25-15-7-9-31(10-8-15)19-6-5-17(21-20(19)28-29-30(21)3)23(33)27-16-11-18(24)22-26-14(2)12-32(22)13-16;1-3-2/h5-6,11-13,15,25H,4,7-10H2,1-3H3,(H,27,33);3H2,1-2H3. The van der Waals surface area contributed by atoms with E-state index < -0.39 is 5.82 Å². The van der Waals surface area contributed by atoms with Gasteiger partial charge in [-0.3, -0.25) is 4.79 Å². The first-order valence-electron chi connectivity index (χ1n) is 12.6. The summed E-state index contributed by atoms with van der Waals surface area (Å²) in [6.07, 6.45) is 6.72. The minimum atomic E-state index is -0.496. The van der Waals surface area contributed by atoms with E-state index in [9.17, 15) is 9.18 Å². The number of rotatable bonds is 5. The van der Waals surface area contributed by atoms with Gasteiger partial charge in [0.15, 0.2) is 11.5 Å². The van der Waals surface area contributed by atoms with Gasteiger partial charge in [0.1, 0.15) is 11.0 Å². The van der Waals surface area contributed by atoms with Crippen molar-refractivity contribution >= 4 is 34.0 Å². The van der Waals surface area contributed by atoms with Gasteiger partial charge in [0.25, 0.3) is 5.91 Å². The molecule has 1 aliphatic heterocycles. The monoisotopic (exact) mass is 494 g/mol. The van der Waals surface area contributed by atoms with Gasteiger partial charge < -0.3 is 19.9 Å². The highest BCUT2D eigenvalue weighted by molar-refractivity contribution is 6.13. The van der Waals surface area contributed by atoms with Crippen LogP contribution in [0.1, 0.15) is 56.1 Å². The third-order valence-electron chi connectivity index (χ3n) is 6.19. The highest BCUT2D eigenvalue weighted by atomic mass is 19.1. The summed E-state index contributed by atoms with van der Waals surface area (Å²) in [7, 11) is 1.77. The molecule has 2 N–H and O–H groups in total. The van der Waals surface area contributed by atoms with Crippen LogP contribution >= 0.6 is 0 Å². The van der Waals surface area contributed by atoms with E-state index in [1.54, 1.807) is 41.5 Å². The van der Waals surface area contributed by atoms with Crippen LogP contribution in [0.25, 0.3) is 16.7 Å². The lowest BCUT2D eigenvalue weighted by molar-refractivity contribution is 0.102. The molecule has 192 valence electrons. The Balaban J connectivity index is 0.000000967. The number of aryl methyl sites for hydroxylation is 2. The average Bonchev–Trinajstić information content (AvgIpc) is 3.42. The molecule has 0 spiro atoms. The molecule has 10 heteroatoms. The zero-order valence-electron chi connectivity index (χ0n) is 21.7. The van der Waals surface area contributed by atoms with Crippen molar-refractivity contribution in [2.75, 3.05) is 29.9 Å². The van der Waals surface area contributed by atoms with E-state index in [1.165, 1.54) is 12.5 Å². The summed E-state index contributed by atoms with van der Waals surface area (Å²) < 4.78 is 17.6. The number of nitrogens with one attached hydrogen (secondary N) is 2. The number of fused-ring (bicyclic) bond motifs is 2. The van der Waals surface area contributed by atoms with E-state index in [0.29, 0.717) is 34.0 Å². The summed E-state index contributed by atoms with van der Waals surface area (Å²) in [6, 6.07) is 5.54. The fourth-order valence-corrected chi connectivity index (χ4v) is 4.65. The van der Waals surface area contributed by atoms with E-state index in [-0.39, 0.29) is 11.6 Å². The van der Waals surface area contributed by atoms with Crippen molar-refractivity contribution in [2.24, 2.45) is 7.05 Å². The predicted molar refractivity (Wildman–Crippen MR) is 141 cm³/mol. The lowest BCUT2D eigenvalue weighted by atomic mass is 10.0. The molecule has 0 unspecified atom stereocenters. The molecule has 5 rings (SSSR count). The van der Waals surface area contributed by atoms with Crippen molar-refractivity contribution in [2.45, 2.75) is 53.0 Å². The topological polar surface area (TPSA) is 92.4 Å². The average molecular weight is 495 g/mol. The van der Waals surface area contributed by atoms with Crippen molar-refractivity contribution in [3.8, 4) is 0 Å². The van der Waals surface area contributed by atoms with Crippen molar-refractivity contribution < 1.29 is 9.18 Å². The molecule has 0 aliphatic carbocycles. The molecule has 9 nitrogen and oxygen atoms in total. The lowest BCUT2D eigenvalue weighted by Crippen LogP contribution is -2.42. The summed E-state index contributed by atoms with van der Waals surface area (Å²) in [5.74, 6) is -0.844. The smallest absolute Gasteiger partial charge is 0.257 e. The summed E-state index contributed by atoms with van der Waals surface area (Å²) in [4.78, 5) is 19.6. The Hall–Kier alpha value is -3.53. The number of benzene rings is 1. The van der Waals surface area contributed by atoms with Gasteiger partial charge in [0.05, 0.1) is 22.6 Å². The minimum Gasteiger partial charge on any atom is -0.370 e. The van der Waals surface area contributed by atoms with Crippen LogP contribution in [0.5, 0.6) is 0 Å². The van der Waals surface area contributed by atoms with Gasteiger partial charge in [0, 0.05) is 44.6 Å². The molecular formula is C26H35FN8O. The SMILES string of the molecule is CCC.CCNC1CCN(c2ccc(C(=O)Nc3cc(F)c4nc(C)cn4c3)c3c2nnn3C)CC1. The van der Waals surface area contributed by atoms with Crippen molar-refractivity contribution in [3.05, 3.63) is 47.7 Å². The molecule has 1 amide bonds. The maximum atomic E-state index is 14.4. The number of pyridine rings is 1. The van der Waals surface area contributed by atoms with E-state index in [4.69, 9.17) is 0 Å². The molecule has 0 radical (unpaired) electrons. The van der Waals surface area contributed by atoms with Gasteiger partial charge >= 0.3 is 0 Å². The number of hydrogen-bond acceptors (Lipinski definition) is 6. The molecular weight excluding hydrogens is 459 g/mol. The van der Waals surface area contributed by atoms with Crippen LogP contribution in [0.4, 0.5) is 15.8 Å². The van der Waals surface area contributed by atoms with Crippen LogP contribution in [-0.4, -0.2) is 56.0 Å². The largest absolute Gasteiger partial charge is 0.370 e. The van der Waals surface area contributed by atoms with E-state index in [1.807, 2.05) is 6.07 Å². The molecule has 1 aromatic carbocycles. The second-order valence-electron chi connectivity index (χ2n) is 9.21. The number of aromatic nitrogens is 5. The molecule has 3 aromatic heterocycles. The predicted octanol–water partition coefficient (Wildman–Crippen LogP) is 4.31. The third kappa shape index (κ3) is 5.18. The fourth-order valence-electron chi connectivity index (χ4n) is 4.65. The van der Waals surface area contributed by atoms with Crippen molar-refractivity contribution in [1.29, 1.82) is 0 Å². The summed E-state index contributed by atoms with van der Waals surface area (Å²) >= 11 is 0. The van der Waals surface area contributed by atoms with Crippen LogP contribution in [0.2, 0.25) is 0 Å². The Labute approximate surface area is 210 Å². The van der Waals surface area contributed by atoms with E-state index in [0.717, 1.165) is 38.2 Å². The van der Waals surface area contributed by atoms with Crippen LogP contribution in [-0.2, 0) is 7.05 Å². The van der Waals surface area contributed by atoms with E-state index >= 15 is 0 Å². The first-order valence-corrected chi connectivity index (χ1v) is 12.6. The number of hydrogen-bond donors (Lipinski definition) is 2. The Morgan fingerprint density at radius 3 is 2.58 bits per heavy atom. The third-order valence-corrected chi connectivity index (χ3v) is 6.19. The maximum absolute atomic E-state index is 14.4. The molecule has 0 saturated carbocycles. The molecule has 4 heterocycles. The molecule has 0 atom stereocenters. The normalized spacial score (nSPS) is 14.2. The first-order chi connectivity index (χ1) is 17.4. The number of imidazole rings is 1. The second kappa shape index (κ2) is 11.0. The highest BCUT2D eigenvalue weighted by Gasteiger charge is 2.24. The molecule has 1 fully saturated rings. The van der Waals surface area contributed by atoms with Crippen molar-refractivity contribution in [1.82, 2.24) is 29.7 Å². The number of amides is 1. The second-order valence-corrected chi connectivity index (χ2v) is 9.21. The Bertz CT molecular complexity index is 1350. The van der Waals surface area contributed by atoms with Crippen molar-refractivity contribution in [3.63, 3.8) is 0 Å². The lowest BCUT2D eigenvalue weighted by Gasteiger charge is -2.34. The van der Waals surface area contributed by atoms with Gasteiger partial charge in [-0.2, -0.15) is 0 Å². The summed E-state index contributed by atoms with van der Waals surface area (Å²) in [5.41, 5.74) is 4.03. The quantitative estimate of drug-likeness (QED) is 0.430. The number of carbonyl (C=O) groups excluding carboxylic acids is 1. The van der Waals surface area contributed by atoms with Crippen LogP contribution < -0.4 is 15.5 Å². The maximum Gasteiger partial charge on any atom is 0.257 e. The zero-order valence-corrected chi connectivity index (χ0v) is 21.7. The first kappa shape index (κ1) is 25.6. The van der Waals surface area contributed by atoms with Crippen LogP contribution in [0, 0.1) is 12.7 Å². The fraction of sp³-hybridized carbons (Fsp3) is 0.462. The molecule has 36 heavy (non-hydrogen) atoms. The van der Waals surface area contributed by atoms with Crippen LogP contribution in [0.3, 0.4) is 0 Å². The van der Waals surface area contributed by atoms with Gasteiger partial charge in [-0.15, -0.1) is 5.10 Å². The molecule has 0 bridgehead atoms. The number of nitrogens with zero attached hydrogens (tertiary/aromatic N) is 6. The minimum absolute atomic E-state index is 0.228. The van der Waals surface area contributed by atoms with Gasteiger partial charge in [-0.05, 0) is 38.4 Å². The van der Waals surface area contributed by atoms with Gasteiger partial charge in [0.2, 0.25) is 0 Å². The molecule has 4 aromatic rings. The van der Waals surface area contributed by atoms with E-state index in [2.05, 4.69) is 51.6 Å². The summed E-state index contributed by atoms with van der Waals surface area (Å²) in [5, 5.41) is 14.9. The number of piperidine rings is 1. The highest BCUT2D eigenvalue weighted by Crippen LogP contribution is 2.30. The Morgan fingerprint density at radius 2 is 1.89 bits per heavy atom. The number of halogens is 1. The number of carbonyl (C=O) groups is 1. The summed E-state index contributed by atoms with van der Waals surface area (Å²) in [6.45, 7) is 11.0. The molecule has 1 saturated heterocycles. The van der Waals surface area contributed by atoms with Gasteiger partial charge in [-0.1, -0.05) is 32.4 Å². The van der Waals surface area contributed by atoms with Gasteiger partial charge in [-0.25, -0.2) is 14.1 Å². The molecule has 1 aliphatic rings. The Morgan fingerprint density at radius 1 is 1.17 bits per heavy atom. The van der Waals surface area contributed by atoms with Crippen LogP contribution in [0.15, 0.2) is 30.6 Å². The Kier molecular flexibility index (Phi) is 7.83. The number of anilines is 2.